The third-order valence-corrected chi connectivity index (χ3v) is 6.94. The van der Waals surface area contributed by atoms with Crippen LogP contribution in [-0.2, 0) is 6.54 Å². The molecule has 1 fully saturated rings. The molecule has 0 aliphatic heterocycles. The monoisotopic (exact) mass is 530 g/mol. The zero-order chi connectivity index (χ0) is 26.6. The number of halogens is 1. The third-order valence-electron chi connectivity index (χ3n) is 6.69. The van der Waals surface area contributed by atoms with Gasteiger partial charge in [0.2, 0.25) is 0 Å². The average Bonchev–Trinajstić information content (AvgIpc) is 3.32. The highest BCUT2D eigenvalue weighted by Gasteiger charge is 2.27. The number of aromatic hydroxyl groups is 1. The number of anilines is 1. The van der Waals surface area contributed by atoms with E-state index in [4.69, 9.17) is 16.3 Å². The van der Waals surface area contributed by atoms with Gasteiger partial charge >= 0.3 is 6.03 Å². The van der Waals surface area contributed by atoms with E-state index in [1.807, 2.05) is 30.3 Å². The minimum atomic E-state index is -0.347. The maximum Gasteiger partial charge on any atom is 0.342 e. The van der Waals surface area contributed by atoms with Gasteiger partial charge in [-0.25, -0.2) is 4.79 Å². The Morgan fingerprint density at radius 1 is 1.05 bits per heavy atom. The molecule has 1 aromatic heterocycles. The zero-order valence-electron chi connectivity index (χ0n) is 20.8. The second-order valence-electron chi connectivity index (χ2n) is 9.19. The van der Waals surface area contributed by atoms with Crippen molar-refractivity contribution in [1.82, 2.24) is 15.1 Å². The Balaban J connectivity index is 1.38. The lowest BCUT2D eigenvalue weighted by Gasteiger charge is -2.25. The molecule has 38 heavy (non-hydrogen) atoms. The quantitative estimate of drug-likeness (QED) is 0.247. The van der Waals surface area contributed by atoms with Gasteiger partial charge < -0.3 is 20.5 Å². The van der Waals surface area contributed by atoms with Crippen LogP contribution < -0.4 is 15.4 Å². The maximum atomic E-state index is 13.2. The summed E-state index contributed by atoms with van der Waals surface area (Å²) in [5, 5.41) is 21.5. The van der Waals surface area contributed by atoms with Gasteiger partial charge in [0.05, 0.1) is 18.5 Å². The number of phenolic OH excluding ortho intramolecular Hbond substituents is 1. The Labute approximate surface area is 225 Å². The van der Waals surface area contributed by atoms with Crippen LogP contribution in [0.3, 0.4) is 0 Å². The normalized spacial score (nSPS) is 13.0. The molecule has 0 unspecified atom stereocenters. The average molecular weight is 531 g/mol. The Morgan fingerprint density at radius 3 is 2.45 bits per heavy atom. The SMILES string of the molecule is COc1ccc(CNC(=O)n2nc(-c3cc(NC(=O)c4ccc(Cl)cc4)ccc3O)cc2C2CCC2)cc1. The van der Waals surface area contributed by atoms with E-state index in [2.05, 4.69) is 15.7 Å². The highest BCUT2D eigenvalue weighted by molar-refractivity contribution is 6.30. The first-order valence-electron chi connectivity index (χ1n) is 12.3. The molecule has 4 aromatic rings. The molecule has 2 amide bonds. The number of nitrogens with zero attached hydrogens (tertiary/aromatic N) is 2. The molecule has 1 aliphatic rings. The number of benzene rings is 3. The number of carbonyl (C=O) groups excluding carboxylic acids is 2. The fourth-order valence-corrected chi connectivity index (χ4v) is 4.43. The molecule has 9 heteroatoms. The van der Waals surface area contributed by atoms with E-state index in [1.165, 1.54) is 10.7 Å². The summed E-state index contributed by atoms with van der Waals surface area (Å²) in [7, 11) is 1.61. The van der Waals surface area contributed by atoms with E-state index in [1.54, 1.807) is 43.5 Å². The van der Waals surface area contributed by atoms with E-state index in [9.17, 15) is 14.7 Å². The molecule has 3 aromatic carbocycles. The lowest BCUT2D eigenvalue weighted by Crippen LogP contribution is -2.31. The van der Waals surface area contributed by atoms with Crippen LogP contribution in [0.4, 0.5) is 10.5 Å². The first-order valence-corrected chi connectivity index (χ1v) is 12.7. The van der Waals surface area contributed by atoms with Crippen LogP contribution in [0.2, 0.25) is 5.02 Å². The van der Waals surface area contributed by atoms with Crippen LogP contribution >= 0.6 is 11.6 Å². The van der Waals surface area contributed by atoms with Crippen molar-refractivity contribution in [2.45, 2.75) is 31.7 Å². The van der Waals surface area contributed by atoms with E-state index in [0.717, 1.165) is 36.3 Å². The third kappa shape index (κ3) is 5.50. The van der Waals surface area contributed by atoms with E-state index >= 15 is 0 Å². The molecule has 0 atom stereocenters. The maximum absolute atomic E-state index is 13.2. The lowest BCUT2D eigenvalue weighted by molar-refractivity contribution is 0.102. The number of phenols is 1. The molecule has 1 aliphatic carbocycles. The van der Waals surface area contributed by atoms with Crippen LogP contribution in [0.5, 0.6) is 11.5 Å². The molecule has 194 valence electrons. The number of methoxy groups -OCH3 is 1. The Kier molecular flexibility index (Phi) is 7.33. The summed E-state index contributed by atoms with van der Waals surface area (Å²) in [6, 6.07) is 20.3. The first kappa shape index (κ1) is 25.4. The molecule has 1 saturated carbocycles. The second kappa shape index (κ2) is 11.0. The van der Waals surface area contributed by atoms with Crippen molar-refractivity contribution < 1.29 is 19.4 Å². The van der Waals surface area contributed by atoms with Gasteiger partial charge in [0, 0.05) is 34.3 Å². The lowest BCUT2D eigenvalue weighted by atomic mass is 9.82. The van der Waals surface area contributed by atoms with Crippen molar-refractivity contribution in [2.24, 2.45) is 0 Å². The summed E-state index contributed by atoms with van der Waals surface area (Å²) < 4.78 is 6.58. The first-order chi connectivity index (χ1) is 18.4. The minimum Gasteiger partial charge on any atom is -0.507 e. The second-order valence-corrected chi connectivity index (χ2v) is 9.63. The minimum absolute atomic E-state index is 0.00191. The summed E-state index contributed by atoms with van der Waals surface area (Å²) in [4.78, 5) is 25.8. The largest absolute Gasteiger partial charge is 0.507 e. The number of aromatic nitrogens is 2. The number of ether oxygens (including phenoxy) is 1. The van der Waals surface area contributed by atoms with Crippen LogP contribution in [0, 0.1) is 0 Å². The number of carbonyl (C=O) groups is 2. The summed E-state index contributed by atoms with van der Waals surface area (Å²) in [5.41, 5.74) is 3.54. The molecule has 0 radical (unpaired) electrons. The topological polar surface area (TPSA) is 105 Å². The predicted molar refractivity (Wildman–Crippen MR) is 146 cm³/mol. The van der Waals surface area contributed by atoms with Crippen LogP contribution in [0.25, 0.3) is 11.3 Å². The van der Waals surface area contributed by atoms with Crippen molar-refractivity contribution in [3.63, 3.8) is 0 Å². The highest BCUT2D eigenvalue weighted by atomic mass is 35.5. The van der Waals surface area contributed by atoms with Gasteiger partial charge in [0.1, 0.15) is 11.5 Å². The molecular formula is C29H27ClN4O4. The summed E-state index contributed by atoms with van der Waals surface area (Å²) in [6.45, 7) is 0.333. The van der Waals surface area contributed by atoms with Gasteiger partial charge in [-0.1, -0.05) is 30.2 Å². The Morgan fingerprint density at radius 2 is 1.79 bits per heavy atom. The van der Waals surface area contributed by atoms with Gasteiger partial charge in [0.15, 0.2) is 0 Å². The smallest absolute Gasteiger partial charge is 0.342 e. The molecule has 0 spiro atoms. The standard InChI is InChI=1S/C29H27ClN4O4/c1-38-23-12-5-18(6-13-23)17-31-29(37)34-26(19-3-2-4-19)16-25(33-34)24-15-22(11-14-27(24)35)32-28(36)20-7-9-21(30)10-8-20/h5-16,19,35H,2-4,17H2,1H3,(H,31,37)(H,32,36). The van der Waals surface area contributed by atoms with E-state index < -0.39 is 0 Å². The molecule has 1 heterocycles. The van der Waals surface area contributed by atoms with Gasteiger partial charge in [-0.05, 0) is 79.1 Å². The van der Waals surface area contributed by atoms with Gasteiger partial charge in [-0.3, -0.25) is 4.79 Å². The van der Waals surface area contributed by atoms with Crippen LogP contribution in [0.1, 0.15) is 46.8 Å². The summed E-state index contributed by atoms with van der Waals surface area (Å²) in [6.07, 6.45) is 3.04. The molecule has 5 rings (SSSR count). The molecular weight excluding hydrogens is 504 g/mol. The molecule has 8 nitrogen and oxygen atoms in total. The Bertz CT molecular complexity index is 1460. The van der Waals surface area contributed by atoms with E-state index in [0.29, 0.717) is 34.1 Å². The highest BCUT2D eigenvalue weighted by Crippen LogP contribution is 2.39. The van der Waals surface area contributed by atoms with E-state index in [-0.39, 0.29) is 23.6 Å². The summed E-state index contributed by atoms with van der Waals surface area (Å²) in [5.74, 6) is 0.656. The molecule has 0 bridgehead atoms. The van der Waals surface area contributed by atoms with Crippen LogP contribution in [0.15, 0.2) is 72.8 Å². The predicted octanol–water partition coefficient (Wildman–Crippen LogP) is 6.20. The van der Waals surface area contributed by atoms with Crippen molar-refractivity contribution in [3.05, 3.63) is 94.6 Å². The number of amides is 2. The summed E-state index contributed by atoms with van der Waals surface area (Å²) >= 11 is 5.92. The number of rotatable bonds is 7. The molecule has 3 N–H and O–H groups in total. The van der Waals surface area contributed by atoms with Gasteiger partial charge in [0.25, 0.3) is 5.91 Å². The number of hydrogen-bond donors (Lipinski definition) is 3. The zero-order valence-corrected chi connectivity index (χ0v) is 21.5. The van der Waals surface area contributed by atoms with Crippen LogP contribution in [-0.4, -0.2) is 33.9 Å². The van der Waals surface area contributed by atoms with Gasteiger partial charge in [-0.2, -0.15) is 9.78 Å². The molecule has 0 saturated heterocycles. The van der Waals surface area contributed by atoms with Crippen molar-refractivity contribution in [1.29, 1.82) is 0 Å². The van der Waals surface area contributed by atoms with Crippen molar-refractivity contribution in [3.8, 4) is 22.8 Å². The fourth-order valence-electron chi connectivity index (χ4n) is 4.30. The van der Waals surface area contributed by atoms with Gasteiger partial charge in [-0.15, -0.1) is 0 Å². The van der Waals surface area contributed by atoms with Crippen molar-refractivity contribution in [2.75, 3.05) is 12.4 Å². The van der Waals surface area contributed by atoms with Crippen molar-refractivity contribution >= 4 is 29.2 Å². The fraction of sp³-hybridized carbons (Fsp3) is 0.207. The Hall–Kier alpha value is -4.30. The number of hydrogen-bond acceptors (Lipinski definition) is 5. The number of nitrogens with one attached hydrogen (secondary N) is 2.